The van der Waals surface area contributed by atoms with Crippen LogP contribution < -0.4 is 10.6 Å². The first-order valence-electron chi connectivity index (χ1n) is 10.6. The molecule has 2 N–H and O–H groups in total. The van der Waals surface area contributed by atoms with Gasteiger partial charge in [-0.2, -0.15) is 4.31 Å². The number of aromatic nitrogens is 3. The van der Waals surface area contributed by atoms with Gasteiger partial charge >= 0.3 is 6.03 Å². The number of urea groups is 1. The van der Waals surface area contributed by atoms with Gasteiger partial charge in [0.1, 0.15) is 11.3 Å². The Morgan fingerprint density at radius 2 is 1.79 bits per heavy atom. The van der Waals surface area contributed by atoms with E-state index in [2.05, 4.69) is 20.9 Å². The zero-order valence-electron chi connectivity index (χ0n) is 18.2. The predicted octanol–water partition coefficient (Wildman–Crippen LogP) is 3.50. The molecule has 11 heteroatoms. The number of aryl methyl sites for hydroxylation is 1. The van der Waals surface area contributed by atoms with E-state index in [-0.39, 0.29) is 23.7 Å². The standard InChI is InChI=1S/C23H21FN6O3S/c1-29-22-10-9-16(13-21(22)27-28-29)34(32,33)30-12-11-17-15(14-30)5-4-8-19(17)25-23(31)26-20-7-3-2-6-18(20)24/h2-10,13H,11-12,14H2,1H3,(H2,25,26,31). The molecule has 0 fully saturated rings. The molecule has 0 spiro atoms. The van der Waals surface area contributed by atoms with Crippen LogP contribution in [0.15, 0.2) is 65.6 Å². The maximum absolute atomic E-state index is 13.8. The number of fused-ring (bicyclic) bond motifs is 2. The van der Waals surface area contributed by atoms with Gasteiger partial charge in [0.15, 0.2) is 0 Å². The van der Waals surface area contributed by atoms with Crippen molar-refractivity contribution < 1.29 is 17.6 Å². The number of carbonyl (C=O) groups is 1. The summed E-state index contributed by atoms with van der Waals surface area (Å²) >= 11 is 0. The fraction of sp³-hybridized carbons (Fsp3) is 0.174. The summed E-state index contributed by atoms with van der Waals surface area (Å²) in [4.78, 5) is 12.6. The molecule has 1 aromatic heterocycles. The number of rotatable bonds is 4. The van der Waals surface area contributed by atoms with Crippen molar-refractivity contribution in [3.05, 3.63) is 77.6 Å². The van der Waals surface area contributed by atoms with Crippen LogP contribution in [-0.2, 0) is 30.0 Å². The molecule has 2 heterocycles. The molecule has 5 rings (SSSR count). The molecule has 4 aromatic rings. The zero-order valence-corrected chi connectivity index (χ0v) is 19.0. The van der Waals surface area contributed by atoms with E-state index >= 15 is 0 Å². The quantitative estimate of drug-likeness (QED) is 0.465. The van der Waals surface area contributed by atoms with Crippen LogP contribution >= 0.6 is 0 Å². The fourth-order valence-corrected chi connectivity index (χ4v) is 5.51. The van der Waals surface area contributed by atoms with Gasteiger partial charge in [0.05, 0.1) is 16.1 Å². The molecule has 2 amide bonds. The number of benzene rings is 3. The largest absolute Gasteiger partial charge is 0.323 e. The number of anilines is 2. The van der Waals surface area contributed by atoms with E-state index in [1.165, 1.54) is 28.6 Å². The van der Waals surface area contributed by atoms with E-state index < -0.39 is 21.9 Å². The van der Waals surface area contributed by atoms with Crippen LogP contribution in [0.1, 0.15) is 11.1 Å². The van der Waals surface area contributed by atoms with Gasteiger partial charge in [-0.05, 0) is 53.9 Å². The summed E-state index contributed by atoms with van der Waals surface area (Å²) in [6, 6.07) is 15.4. The third kappa shape index (κ3) is 3.99. The van der Waals surface area contributed by atoms with E-state index in [0.29, 0.717) is 17.6 Å². The molecule has 0 saturated carbocycles. The lowest BCUT2D eigenvalue weighted by atomic mass is 9.99. The highest BCUT2D eigenvalue weighted by molar-refractivity contribution is 7.89. The summed E-state index contributed by atoms with van der Waals surface area (Å²) in [6.45, 7) is 0.419. The van der Waals surface area contributed by atoms with Crippen molar-refractivity contribution in [1.82, 2.24) is 19.3 Å². The second kappa shape index (κ2) is 8.50. The third-order valence-electron chi connectivity index (χ3n) is 5.82. The summed E-state index contributed by atoms with van der Waals surface area (Å²) in [5, 5.41) is 13.2. The summed E-state index contributed by atoms with van der Waals surface area (Å²) < 4.78 is 43.4. The van der Waals surface area contributed by atoms with Crippen LogP contribution in [0, 0.1) is 5.82 Å². The van der Waals surface area contributed by atoms with Crippen molar-refractivity contribution in [2.45, 2.75) is 17.9 Å². The first-order chi connectivity index (χ1) is 16.3. The van der Waals surface area contributed by atoms with Gasteiger partial charge in [0, 0.05) is 25.8 Å². The summed E-state index contributed by atoms with van der Waals surface area (Å²) in [5.74, 6) is -0.534. The monoisotopic (exact) mass is 480 g/mol. The van der Waals surface area contributed by atoms with Crippen molar-refractivity contribution in [2.24, 2.45) is 7.05 Å². The Balaban J connectivity index is 1.35. The first kappa shape index (κ1) is 22.0. The number of sulfonamides is 1. The molecule has 1 aliphatic heterocycles. The Morgan fingerprint density at radius 1 is 1.03 bits per heavy atom. The lowest BCUT2D eigenvalue weighted by Gasteiger charge is -2.29. The van der Waals surface area contributed by atoms with Gasteiger partial charge < -0.3 is 10.6 Å². The smallest absolute Gasteiger partial charge is 0.307 e. The average Bonchev–Trinajstić information content (AvgIpc) is 3.20. The Kier molecular flexibility index (Phi) is 5.50. The maximum atomic E-state index is 13.8. The molecular formula is C23H21FN6O3S. The molecule has 174 valence electrons. The van der Waals surface area contributed by atoms with Crippen molar-refractivity contribution in [1.29, 1.82) is 0 Å². The number of nitrogens with zero attached hydrogens (tertiary/aromatic N) is 4. The average molecular weight is 481 g/mol. The van der Waals surface area contributed by atoms with E-state index in [4.69, 9.17) is 0 Å². The van der Waals surface area contributed by atoms with Crippen LogP contribution in [0.3, 0.4) is 0 Å². The molecule has 9 nitrogen and oxygen atoms in total. The van der Waals surface area contributed by atoms with Crippen LogP contribution in [-0.4, -0.2) is 40.3 Å². The van der Waals surface area contributed by atoms with E-state index in [9.17, 15) is 17.6 Å². The highest BCUT2D eigenvalue weighted by Gasteiger charge is 2.30. The minimum absolute atomic E-state index is 0.0714. The highest BCUT2D eigenvalue weighted by Crippen LogP contribution is 2.30. The highest BCUT2D eigenvalue weighted by atomic mass is 32.2. The van der Waals surface area contributed by atoms with E-state index in [1.807, 2.05) is 6.07 Å². The van der Waals surface area contributed by atoms with E-state index in [0.717, 1.165) is 16.6 Å². The normalized spacial score (nSPS) is 14.1. The molecule has 3 aromatic carbocycles. The van der Waals surface area contributed by atoms with Gasteiger partial charge in [-0.1, -0.05) is 29.5 Å². The van der Waals surface area contributed by atoms with Gasteiger partial charge in [-0.25, -0.2) is 22.3 Å². The molecule has 0 unspecified atom stereocenters. The van der Waals surface area contributed by atoms with E-state index in [1.54, 1.807) is 42.1 Å². The summed E-state index contributed by atoms with van der Waals surface area (Å²) in [6.07, 6.45) is 0.415. The number of para-hydroxylation sites is 1. The fourth-order valence-electron chi connectivity index (χ4n) is 4.07. The number of halogens is 1. The van der Waals surface area contributed by atoms with Gasteiger partial charge in [-0.3, -0.25) is 0 Å². The van der Waals surface area contributed by atoms with Crippen LogP contribution in [0.2, 0.25) is 0 Å². The number of hydrogen-bond acceptors (Lipinski definition) is 5. The summed E-state index contributed by atoms with van der Waals surface area (Å²) in [7, 11) is -2.01. The maximum Gasteiger partial charge on any atom is 0.323 e. The van der Waals surface area contributed by atoms with Gasteiger partial charge in [0.25, 0.3) is 0 Å². The Bertz CT molecular complexity index is 1520. The lowest BCUT2D eigenvalue weighted by Crippen LogP contribution is -2.36. The molecule has 1 aliphatic rings. The lowest BCUT2D eigenvalue weighted by molar-refractivity contribution is 0.262. The second-order valence-corrected chi connectivity index (χ2v) is 9.89. The Labute approximate surface area is 195 Å². The second-order valence-electron chi connectivity index (χ2n) is 7.95. The zero-order chi connectivity index (χ0) is 23.9. The van der Waals surface area contributed by atoms with Crippen molar-refractivity contribution in [2.75, 3.05) is 17.2 Å². The number of hydrogen-bond donors (Lipinski definition) is 2. The molecule has 34 heavy (non-hydrogen) atoms. The molecular weight excluding hydrogens is 459 g/mol. The van der Waals surface area contributed by atoms with Crippen LogP contribution in [0.5, 0.6) is 0 Å². The molecule has 0 saturated heterocycles. The molecule has 0 aliphatic carbocycles. The first-order valence-corrected chi connectivity index (χ1v) is 12.0. The molecule has 0 radical (unpaired) electrons. The van der Waals surface area contributed by atoms with Crippen molar-refractivity contribution in [3.63, 3.8) is 0 Å². The van der Waals surface area contributed by atoms with Gasteiger partial charge in [-0.15, -0.1) is 5.10 Å². The number of amides is 2. The van der Waals surface area contributed by atoms with Crippen LogP contribution in [0.25, 0.3) is 11.0 Å². The van der Waals surface area contributed by atoms with Crippen molar-refractivity contribution >= 4 is 38.5 Å². The Morgan fingerprint density at radius 3 is 2.62 bits per heavy atom. The molecule has 0 bridgehead atoms. The Hall–Kier alpha value is -3.83. The number of carbonyl (C=O) groups excluding carboxylic acids is 1. The topological polar surface area (TPSA) is 109 Å². The molecule has 0 atom stereocenters. The SMILES string of the molecule is Cn1nnc2cc(S(=O)(=O)N3CCc4c(cccc4NC(=O)Nc4ccccc4F)C3)ccc21. The van der Waals surface area contributed by atoms with Crippen LogP contribution in [0.4, 0.5) is 20.6 Å². The predicted molar refractivity (Wildman–Crippen MR) is 125 cm³/mol. The number of nitrogens with one attached hydrogen (secondary N) is 2. The summed E-state index contributed by atoms with van der Waals surface area (Å²) in [5.41, 5.74) is 3.52. The third-order valence-corrected chi connectivity index (χ3v) is 7.66. The minimum atomic E-state index is -3.75. The van der Waals surface area contributed by atoms with Crippen molar-refractivity contribution in [3.8, 4) is 0 Å². The van der Waals surface area contributed by atoms with Gasteiger partial charge in [0.2, 0.25) is 10.0 Å². The minimum Gasteiger partial charge on any atom is -0.307 e.